The molecule has 2 aliphatic rings. The van der Waals surface area contributed by atoms with Crippen molar-refractivity contribution in [1.29, 1.82) is 0 Å². The van der Waals surface area contributed by atoms with Crippen molar-refractivity contribution in [2.45, 2.75) is 37.6 Å². The molecule has 1 aliphatic carbocycles. The van der Waals surface area contributed by atoms with Crippen LogP contribution in [0.5, 0.6) is 0 Å². The van der Waals surface area contributed by atoms with Gasteiger partial charge in [-0.15, -0.1) is 0 Å². The number of aromatic nitrogens is 1. The van der Waals surface area contributed by atoms with Gasteiger partial charge < -0.3 is 10.0 Å². The molecule has 6 heteroatoms. The van der Waals surface area contributed by atoms with Gasteiger partial charge in [0, 0.05) is 23.5 Å². The van der Waals surface area contributed by atoms with Crippen LogP contribution in [-0.2, 0) is 4.79 Å². The molecule has 0 bridgehead atoms. The first-order chi connectivity index (χ1) is 11.5. The summed E-state index contributed by atoms with van der Waals surface area (Å²) in [4.78, 5) is 30.3. The molecule has 1 saturated heterocycles. The summed E-state index contributed by atoms with van der Waals surface area (Å²) in [7, 11) is 0. The van der Waals surface area contributed by atoms with Crippen molar-refractivity contribution in [3.63, 3.8) is 0 Å². The summed E-state index contributed by atoms with van der Waals surface area (Å²) in [6, 6.07) is 5.12. The second kappa shape index (κ2) is 5.54. The Balaban J connectivity index is 1.83. The van der Waals surface area contributed by atoms with Gasteiger partial charge in [0.25, 0.3) is 5.91 Å². The van der Waals surface area contributed by atoms with E-state index in [4.69, 9.17) is 0 Å². The molecule has 1 atom stereocenters. The molecule has 124 valence electrons. The lowest BCUT2D eigenvalue weighted by atomic mass is 10.0. The van der Waals surface area contributed by atoms with Crippen LogP contribution >= 0.6 is 0 Å². The largest absolute Gasteiger partial charge is 0.480 e. The monoisotopic (exact) mass is 328 g/mol. The molecule has 1 saturated carbocycles. The highest BCUT2D eigenvalue weighted by molar-refractivity contribution is 6.07. The van der Waals surface area contributed by atoms with Crippen molar-refractivity contribution >= 4 is 22.8 Å². The van der Waals surface area contributed by atoms with E-state index >= 15 is 0 Å². The van der Waals surface area contributed by atoms with Gasteiger partial charge in [-0.1, -0.05) is 0 Å². The molecule has 1 aromatic carbocycles. The van der Waals surface area contributed by atoms with E-state index in [1.54, 1.807) is 12.1 Å². The number of carboxylic acid groups (broad SMARTS) is 1. The summed E-state index contributed by atoms with van der Waals surface area (Å²) < 4.78 is 13.7. The highest BCUT2D eigenvalue weighted by atomic mass is 19.1. The second-order valence-corrected chi connectivity index (χ2v) is 6.53. The summed E-state index contributed by atoms with van der Waals surface area (Å²) in [5, 5.41) is 9.77. The quantitative estimate of drug-likeness (QED) is 0.940. The summed E-state index contributed by atoms with van der Waals surface area (Å²) in [6.07, 6.45) is 3.19. The minimum absolute atomic E-state index is 0.347. The third kappa shape index (κ3) is 2.52. The van der Waals surface area contributed by atoms with E-state index in [-0.39, 0.29) is 5.91 Å². The maximum Gasteiger partial charge on any atom is 0.326 e. The molecule has 0 spiro atoms. The first kappa shape index (κ1) is 15.1. The molecule has 5 nitrogen and oxygen atoms in total. The smallest absolute Gasteiger partial charge is 0.326 e. The average molecular weight is 328 g/mol. The normalized spacial score (nSPS) is 20.5. The number of pyridine rings is 1. The minimum atomic E-state index is -0.993. The average Bonchev–Trinajstić information content (AvgIpc) is 3.29. The van der Waals surface area contributed by atoms with Crippen molar-refractivity contribution in [3.8, 4) is 0 Å². The Bertz CT molecular complexity index is 848. The van der Waals surface area contributed by atoms with Crippen LogP contribution in [0.3, 0.4) is 0 Å². The number of fused-ring (bicyclic) bond motifs is 1. The molecule has 2 aromatic rings. The van der Waals surface area contributed by atoms with Crippen LogP contribution in [0.25, 0.3) is 10.9 Å². The number of hydrogen-bond acceptors (Lipinski definition) is 3. The number of amides is 1. The van der Waals surface area contributed by atoms with Crippen LogP contribution in [0.15, 0.2) is 24.3 Å². The SMILES string of the molecule is O=C(O)C1CCCN1C(=O)c1cc(C2CC2)nc2ccc(F)cc12. The van der Waals surface area contributed by atoms with Crippen LogP contribution < -0.4 is 0 Å². The molecule has 1 aromatic heterocycles. The Morgan fingerprint density at radius 1 is 1.21 bits per heavy atom. The van der Waals surface area contributed by atoms with Crippen LogP contribution in [-0.4, -0.2) is 39.5 Å². The van der Waals surface area contributed by atoms with Crippen molar-refractivity contribution in [1.82, 2.24) is 9.88 Å². The van der Waals surface area contributed by atoms with Crippen LogP contribution in [0, 0.1) is 5.82 Å². The lowest BCUT2D eigenvalue weighted by Gasteiger charge is -2.22. The second-order valence-electron chi connectivity index (χ2n) is 6.53. The fraction of sp³-hybridized carbons (Fsp3) is 0.389. The van der Waals surface area contributed by atoms with Gasteiger partial charge in [0.15, 0.2) is 0 Å². The van der Waals surface area contributed by atoms with Gasteiger partial charge in [0.1, 0.15) is 11.9 Å². The molecule has 0 radical (unpaired) electrons. The van der Waals surface area contributed by atoms with Gasteiger partial charge in [-0.25, -0.2) is 9.18 Å². The van der Waals surface area contributed by atoms with Gasteiger partial charge in [-0.2, -0.15) is 0 Å². The van der Waals surface area contributed by atoms with Crippen molar-refractivity contribution in [2.75, 3.05) is 6.54 Å². The maximum atomic E-state index is 13.7. The molecule has 1 amide bonds. The highest BCUT2D eigenvalue weighted by Gasteiger charge is 2.36. The predicted octanol–water partition coefficient (Wildman–Crippen LogP) is 2.94. The third-order valence-electron chi connectivity index (χ3n) is 4.82. The van der Waals surface area contributed by atoms with Crippen LogP contribution in [0.2, 0.25) is 0 Å². The number of likely N-dealkylation sites (tertiary alicyclic amines) is 1. The molecule has 4 rings (SSSR count). The first-order valence-electron chi connectivity index (χ1n) is 8.18. The molecule has 1 N–H and O–H groups in total. The zero-order valence-electron chi connectivity index (χ0n) is 13.0. The van der Waals surface area contributed by atoms with E-state index in [2.05, 4.69) is 4.98 Å². The van der Waals surface area contributed by atoms with E-state index < -0.39 is 17.8 Å². The fourth-order valence-electron chi connectivity index (χ4n) is 3.40. The van der Waals surface area contributed by atoms with Gasteiger partial charge in [0.05, 0.1) is 11.1 Å². The summed E-state index contributed by atoms with van der Waals surface area (Å²) >= 11 is 0. The topological polar surface area (TPSA) is 70.5 Å². The highest BCUT2D eigenvalue weighted by Crippen LogP contribution is 2.40. The van der Waals surface area contributed by atoms with Crippen LogP contribution in [0.1, 0.15) is 47.7 Å². The zero-order chi connectivity index (χ0) is 16.8. The van der Waals surface area contributed by atoms with E-state index in [1.807, 2.05) is 0 Å². The third-order valence-corrected chi connectivity index (χ3v) is 4.82. The van der Waals surface area contributed by atoms with E-state index in [0.717, 1.165) is 18.5 Å². The van der Waals surface area contributed by atoms with E-state index in [1.165, 1.54) is 17.0 Å². The van der Waals surface area contributed by atoms with Gasteiger partial charge >= 0.3 is 5.97 Å². The number of rotatable bonds is 3. The summed E-state index contributed by atoms with van der Waals surface area (Å²) in [6.45, 7) is 0.410. The summed E-state index contributed by atoms with van der Waals surface area (Å²) in [5.74, 6) is -1.43. The Hall–Kier alpha value is -2.50. The molecule has 1 aliphatic heterocycles. The Morgan fingerprint density at radius 3 is 2.71 bits per heavy atom. The van der Waals surface area contributed by atoms with Crippen molar-refractivity contribution < 1.29 is 19.1 Å². The lowest BCUT2D eigenvalue weighted by Crippen LogP contribution is -2.40. The van der Waals surface area contributed by atoms with Crippen molar-refractivity contribution in [2.24, 2.45) is 0 Å². The van der Waals surface area contributed by atoms with E-state index in [0.29, 0.717) is 41.8 Å². The lowest BCUT2D eigenvalue weighted by molar-refractivity contribution is -0.141. The molecular formula is C18H17FN2O3. The number of halogens is 1. The number of carboxylic acids is 1. The Labute approximate surface area is 138 Å². The minimum Gasteiger partial charge on any atom is -0.480 e. The first-order valence-corrected chi connectivity index (χ1v) is 8.18. The molecule has 24 heavy (non-hydrogen) atoms. The number of hydrogen-bond donors (Lipinski definition) is 1. The van der Waals surface area contributed by atoms with Crippen molar-refractivity contribution in [3.05, 3.63) is 41.3 Å². The zero-order valence-corrected chi connectivity index (χ0v) is 13.0. The molecule has 1 unspecified atom stereocenters. The predicted molar refractivity (Wildman–Crippen MR) is 85.4 cm³/mol. The standard InChI is InChI=1S/C18H17FN2O3/c19-11-5-6-14-12(8-11)13(9-15(20-14)10-3-4-10)17(22)21-7-1-2-16(21)18(23)24/h5-6,8-10,16H,1-4,7H2,(H,23,24). The Kier molecular flexibility index (Phi) is 3.48. The van der Waals surface area contributed by atoms with Gasteiger partial charge in [0.2, 0.25) is 0 Å². The number of carbonyl (C=O) groups excluding carboxylic acids is 1. The van der Waals surface area contributed by atoms with Crippen LogP contribution in [0.4, 0.5) is 4.39 Å². The van der Waals surface area contributed by atoms with Gasteiger partial charge in [-0.3, -0.25) is 9.78 Å². The molecular weight excluding hydrogens is 311 g/mol. The molecule has 2 fully saturated rings. The summed E-state index contributed by atoms with van der Waals surface area (Å²) in [5.41, 5.74) is 1.77. The Morgan fingerprint density at radius 2 is 2.00 bits per heavy atom. The van der Waals surface area contributed by atoms with E-state index in [9.17, 15) is 19.1 Å². The van der Waals surface area contributed by atoms with Gasteiger partial charge in [-0.05, 0) is 49.9 Å². The number of aliphatic carboxylic acids is 1. The maximum absolute atomic E-state index is 13.7. The number of nitrogens with zero attached hydrogens (tertiary/aromatic N) is 2. The fourth-order valence-corrected chi connectivity index (χ4v) is 3.40. The molecule has 2 heterocycles. The number of benzene rings is 1. The number of carbonyl (C=O) groups is 2.